The molecule has 2 heterocycles. The van der Waals surface area contributed by atoms with Crippen molar-refractivity contribution >= 4 is 43.1 Å². The van der Waals surface area contributed by atoms with Gasteiger partial charge >= 0.3 is 0 Å². The molecule has 0 saturated carbocycles. The zero-order chi connectivity index (χ0) is 35.1. The first kappa shape index (κ1) is 31.0. The molecule has 4 heteroatoms. The maximum atomic E-state index is 5.24. The van der Waals surface area contributed by atoms with Gasteiger partial charge in [0.15, 0.2) is 5.82 Å². The number of aromatic nitrogens is 3. The molecule has 10 rings (SSSR count). The van der Waals surface area contributed by atoms with Gasteiger partial charge < -0.3 is 0 Å². The molecule has 0 amide bonds. The minimum Gasteiger partial charge on any atom is -0.236 e. The Labute approximate surface area is 311 Å². The Balaban J connectivity index is 1.21. The smallest absolute Gasteiger partial charge is 0.161 e. The predicted octanol–water partition coefficient (Wildman–Crippen LogP) is 13.4. The summed E-state index contributed by atoms with van der Waals surface area (Å²) in [5.41, 5.74) is 11.6. The van der Waals surface area contributed by atoms with E-state index in [2.05, 4.69) is 176 Å². The van der Waals surface area contributed by atoms with Crippen LogP contribution in [0.3, 0.4) is 0 Å². The van der Waals surface area contributed by atoms with Gasteiger partial charge in [0.1, 0.15) is 5.01 Å². The standard InChI is InChI=1S/C49H31N3S/c1-3-17-34(18-4-1)44-31-45(35-19-5-2-6-20-35)51-48(50-44)40-25-12-11-24-38(40)39-30-29-33-16-8-10-23-37(33)46(39)42-27-14-28-43-47(42)53-49(52-43)41-26-13-21-32-15-7-9-22-36(32)41/h1-31H. The Morgan fingerprint density at radius 2 is 0.906 bits per heavy atom. The van der Waals surface area contributed by atoms with E-state index in [0.29, 0.717) is 5.82 Å². The monoisotopic (exact) mass is 693 g/mol. The van der Waals surface area contributed by atoms with Crippen molar-refractivity contribution in [2.75, 3.05) is 0 Å². The molecule has 0 aliphatic carbocycles. The second-order valence-corrected chi connectivity index (χ2v) is 14.1. The quantitative estimate of drug-likeness (QED) is 0.174. The lowest BCUT2D eigenvalue weighted by Gasteiger charge is -2.18. The number of thiazole rings is 1. The fraction of sp³-hybridized carbons (Fsp3) is 0. The third-order valence-electron chi connectivity index (χ3n) is 9.96. The third-order valence-corrected chi connectivity index (χ3v) is 11.1. The molecule has 3 nitrogen and oxygen atoms in total. The second-order valence-electron chi connectivity index (χ2n) is 13.1. The van der Waals surface area contributed by atoms with Crippen LogP contribution in [-0.2, 0) is 0 Å². The van der Waals surface area contributed by atoms with E-state index in [-0.39, 0.29) is 0 Å². The molecule has 0 atom stereocenters. The molecular formula is C49H31N3S. The molecule has 0 aliphatic rings. The normalized spacial score (nSPS) is 11.4. The van der Waals surface area contributed by atoms with Gasteiger partial charge in [0.25, 0.3) is 0 Å². The lowest BCUT2D eigenvalue weighted by molar-refractivity contribution is 1.18. The van der Waals surface area contributed by atoms with E-state index in [0.717, 1.165) is 60.9 Å². The number of nitrogens with zero attached hydrogens (tertiary/aromatic N) is 3. The topological polar surface area (TPSA) is 38.7 Å². The summed E-state index contributed by atoms with van der Waals surface area (Å²) in [7, 11) is 0. The van der Waals surface area contributed by atoms with E-state index in [1.165, 1.54) is 31.8 Å². The molecule has 2 aromatic heterocycles. The molecule has 10 aromatic rings. The van der Waals surface area contributed by atoms with Crippen molar-refractivity contribution in [3.05, 3.63) is 188 Å². The van der Waals surface area contributed by atoms with Crippen LogP contribution in [0.2, 0.25) is 0 Å². The first-order chi connectivity index (χ1) is 26.3. The van der Waals surface area contributed by atoms with Gasteiger partial charge in [-0.05, 0) is 50.4 Å². The van der Waals surface area contributed by atoms with E-state index < -0.39 is 0 Å². The maximum Gasteiger partial charge on any atom is 0.161 e. The molecular weight excluding hydrogens is 663 g/mol. The van der Waals surface area contributed by atoms with Crippen LogP contribution in [0.25, 0.3) is 98.5 Å². The van der Waals surface area contributed by atoms with Crippen molar-refractivity contribution in [2.45, 2.75) is 0 Å². The van der Waals surface area contributed by atoms with Gasteiger partial charge in [0.05, 0.1) is 21.6 Å². The van der Waals surface area contributed by atoms with Crippen LogP contribution < -0.4 is 0 Å². The van der Waals surface area contributed by atoms with Gasteiger partial charge in [0.2, 0.25) is 0 Å². The number of fused-ring (bicyclic) bond motifs is 3. The van der Waals surface area contributed by atoms with Crippen molar-refractivity contribution in [3.63, 3.8) is 0 Å². The molecule has 0 fully saturated rings. The minimum atomic E-state index is 0.689. The van der Waals surface area contributed by atoms with E-state index in [4.69, 9.17) is 15.0 Å². The average molecular weight is 694 g/mol. The summed E-state index contributed by atoms with van der Waals surface area (Å²) in [6, 6.07) is 66.1. The van der Waals surface area contributed by atoms with Gasteiger partial charge in [-0.3, -0.25) is 0 Å². The molecule has 0 N–H and O–H groups in total. The first-order valence-corrected chi connectivity index (χ1v) is 18.6. The van der Waals surface area contributed by atoms with E-state index >= 15 is 0 Å². The van der Waals surface area contributed by atoms with Gasteiger partial charge in [0, 0.05) is 27.8 Å². The molecule has 0 radical (unpaired) electrons. The maximum absolute atomic E-state index is 5.24. The molecule has 248 valence electrons. The molecule has 8 aromatic carbocycles. The highest BCUT2D eigenvalue weighted by Crippen LogP contribution is 2.46. The Bertz CT molecular complexity index is 2890. The summed E-state index contributed by atoms with van der Waals surface area (Å²) in [5.74, 6) is 0.689. The predicted molar refractivity (Wildman–Crippen MR) is 223 cm³/mol. The van der Waals surface area contributed by atoms with Crippen LogP contribution in [0.1, 0.15) is 0 Å². The van der Waals surface area contributed by atoms with Crippen molar-refractivity contribution in [1.29, 1.82) is 0 Å². The zero-order valence-corrected chi connectivity index (χ0v) is 29.5. The summed E-state index contributed by atoms with van der Waals surface area (Å²) >= 11 is 1.76. The second kappa shape index (κ2) is 13.1. The summed E-state index contributed by atoms with van der Waals surface area (Å²) in [6.07, 6.45) is 0. The van der Waals surface area contributed by atoms with Crippen molar-refractivity contribution in [1.82, 2.24) is 15.0 Å². The van der Waals surface area contributed by atoms with Crippen LogP contribution in [0.15, 0.2) is 188 Å². The van der Waals surface area contributed by atoms with Crippen LogP contribution in [0, 0.1) is 0 Å². The molecule has 0 aliphatic heterocycles. The fourth-order valence-electron chi connectivity index (χ4n) is 7.45. The SMILES string of the molecule is c1ccc(-c2cc(-c3ccccc3)nc(-c3ccccc3-c3ccc4ccccc4c3-c3cccc4nc(-c5cccc6ccccc56)sc34)n2)cc1. The zero-order valence-electron chi connectivity index (χ0n) is 28.6. The molecule has 0 saturated heterocycles. The molecule has 53 heavy (non-hydrogen) atoms. The van der Waals surface area contributed by atoms with Crippen LogP contribution in [0.4, 0.5) is 0 Å². The van der Waals surface area contributed by atoms with Crippen LogP contribution in [0.5, 0.6) is 0 Å². The number of hydrogen-bond acceptors (Lipinski definition) is 4. The summed E-state index contributed by atoms with van der Waals surface area (Å²) in [4.78, 5) is 15.7. The lowest BCUT2D eigenvalue weighted by Crippen LogP contribution is -1.98. The third kappa shape index (κ3) is 5.57. The van der Waals surface area contributed by atoms with Gasteiger partial charge in [-0.2, -0.15) is 0 Å². The fourth-order valence-corrected chi connectivity index (χ4v) is 8.58. The van der Waals surface area contributed by atoms with Gasteiger partial charge in [-0.15, -0.1) is 11.3 Å². The van der Waals surface area contributed by atoms with Crippen molar-refractivity contribution < 1.29 is 0 Å². The Morgan fingerprint density at radius 3 is 1.64 bits per heavy atom. The summed E-state index contributed by atoms with van der Waals surface area (Å²) in [6.45, 7) is 0. The summed E-state index contributed by atoms with van der Waals surface area (Å²) < 4.78 is 1.17. The van der Waals surface area contributed by atoms with Gasteiger partial charge in [-0.1, -0.05) is 176 Å². The molecule has 0 bridgehead atoms. The van der Waals surface area contributed by atoms with E-state index in [9.17, 15) is 0 Å². The van der Waals surface area contributed by atoms with Gasteiger partial charge in [-0.25, -0.2) is 15.0 Å². The van der Waals surface area contributed by atoms with Crippen LogP contribution in [-0.4, -0.2) is 15.0 Å². The Kier molecular flexibility index (Phi) is 7.67. The van der Waals surface area contributed by atoms with Crippen molar-refractivity contribution in [2.24, 2.45) is 0 Å². The highest BCUT2D eigenvalue weighted by molar-refractivity contribution is 7.22. The van der Waals surface area contributed by atoms with E-state index in [1.807, 2.05) is 12.1 Å². The highest BCUT2D eigenvalue weighted by Gasteiger charge is 2.21. The molecule has 0 spiro atoms. The molecule has 0 unspecified atom stereocenters. The largest absolute Gasteiger partial charge is 0.236 e. The number of benzene rings is 8. The number of rotatable bonds is 6. The van der Waals surface area contributed by atoms with Crippen molar-refractivity contribution in [3.8, 4) is 66.7 Å². The number of hydrogen-bond donors (Lipinski definition) is 0. The van der Waals surface area contributed by atoms with Crippen LogP contribution >= 0.6 is 11.3 Å². The average Bonchev–Trinajstić information content (AvgIpc) is 3.68. The Morgan fingerprint density at radius 1 is 0.358 bits per heavy atom. The lowest BCUT2D eigenvalue weighted by atomic mass is 9.87. The summed E-state index contributed by atoms with van der Waals surface area (Å²) in [5, 5.41) is 5.82. The van der Waals surface area contributed by atoms with E-state index in [1.54, 1.807) is 11.3 Å². The Hall–Kier alpha value is -6.75. The highest BCUT2D eigenvalue weighted by atomic mass is 32.1. The minimum absolute atomic E-state index is 0.689. The first-order valence-electron chi connectivity index (χ1n) is 17.8.